The first-order valence-electron chi connectivity index (χ1n) is 9.40. The Morgan fingerprint density at radius 3 is 2.32 bits per heavy atom. The molecule has 0 bridgehead atoms. The number of carbonyl (C=O) groups excluding carboxylic acids is 1. The summed E-state index contributed by atoms with van der Waals surface area (Å²) in [7, 11) is 0. The first kappa shape index (κ1) is 17.7. The van der Waals surface area contributed by atoms with Crippen LogP contribution in [0.4, 0.5) is 0 Å². The van der Waals surface area contributed by atoms with Crippen LogP contribution in [0.5, 0.6) is 0 Å². The number of likely N-dealkylation sites (tertiary alicyclic amines) is 1. The van der Waals surface area contributed by atoms with Gasteiger partial charge in [-0.25, -0.2) is 0 Å². The van der Waals surface area contributed by atoms with Crippen molar-refractivity contribution in [1.29, 1.82) is 0 Å². The summed E-state index contributed by atoms with van der Waals surface area (Å²) in [5.41, 5.74) is 3.43. The molecule has 1 N–H and O–H groups in total. The van der Waals surface area contributed by atoms with Crippen LogP contribution in [-0.4, -0.2) is 29.9 Å². The Hall–Kier alpha value is -2.13. The lowest BCUT2D eigenvalue weighted by atomic mass is 10.0. The van der Waals surface area contributed by atoms with E-state index < -0.39 is 0 Å². The average molecular weight is 336 g/mol. The minimum atomic E-state index is 0.0598. The number of benzene rings is 2. The predicted octanol–water partition coefficient (Wildman–Crippen LogP) is 4.03. The topological polar surface area (TPSA) is 32.3 Å². The smallest absolute Gasteiger partial charge is 0.251 e. The highest BCUT2D eigenvalue weighted by Gasteiger charge is 2.21. The van der Waals surface area contributed by atoms with E-state index >= 15 is 0 Å². The number of nitrogens with one attached hydrogen (secondary N) is 1. The standard InChI is InChI=1S/C22H28N2O/c1-2-6-18-9-11-20(12-10-18)22(25)23-21-13-15-24(16-14-21)17-19-7-4-3-5-8-19/h3-5,7-12,21H,2,6,13-17H2,1H3,(H,23,25). The number of hydrogen-bond donors (Lipinski definition) is 1. The fourth-order valence-corrected chi connectivity index (χ4v) is 3.46. The average Bonchev–Trinajstić information content (AvgIpc) is 2.65. The minimum Gasteiger partial charge on any atom is -0.349 e. The van der Waals surface area contributed by atoms with Gasteiger partial charge in [0, 0.05) is 31.2 Å². The van der Waals surface area contributed by atoms with Crippen LogP contribution < -0.4 is 5.32 Å². The van der Waals surface area contributed by atoms with Gasteiger partial charge in [-0.15, -0.1) is 0 Å². The Bertz CT molecular complexity index is 658. The van der Waals surface area contributed by atoms with Gasteiger partial charge in [-0.3, -0.25) is 9.69 Å². The summed E-state index contributed by atoms with van der Waals surface area (Å²) < 4.78 is 0. The van der Waals surface area contributed by atoms with Crippen LogP contribution in [0, 0.1) is 0 Å². The normalized spacial score (nSPS) is 15.9. The highest BCUT2D eigenvalue weighted by atomic mass is 16.1. The zero-order valence-corrected chi connectivity index (χ0v) is 15.1. The molecule has 0 atom stereocenters. The second-order valence-electron chi connectivity index (χ2n) is 6.96. The second kappa shape index (κ2) is 8.82. The van der Waals surface area contributed by atoms with Crippen LogP contribution in [0.15, 0.2) is 54.6 Å². The van der Waals surface area contributed by atoms with Crippen LogP contribution >= 0.6 is 0 Å². The Morgan fingerprint density at radius 2 is 1.68 bits per heavy atom. The lowest BCUT2D eigenvalue weighted by Crippen LogP contribution is -2.44. The van der Waals surface area contributed by atoms with Crippen LogP contribution in [-0.2, 0) is 13.0 Å². The monoisotopic (exact) mass is 336 g/mol. The predicted molar refractivity (Wildman–Crippen MR) is 103 cm³/mol. The summed E-state index contributed by atoms with van der Waals surface area (Å²) >= 11 is 0. The summed E-state index contributed by atoms with van der Waals surface area (Å²) in [6.07, 6.45) is 4.24. The summed E-state index contributed by atoms with van der Waals surface area (Å²) in [6.45, 7) is 5.25. The molecule has 0 unspecified atom stereocenters. The van der Waals surface area contributed by atoms with Gasteiger partial charge in [0.25, 0.3) is 5.91 Å². The number of hydrogen-bond acceptors (Lipinski definition) is 2. The molecule has 25 heavy (non-hydrogen) atoms. The first-order valence-corrected chi connectivity index (χ1v) is 9.40. The number of piperidine rings is 1. The minimum absolute atomic E-state index is 0.0598. The number of rotatable bonds is 6. The number of amides is 1. The van der Waals surface area contributed by atoms with E-state index in [0.29, 0.717) is 0 Å². The molecule has 0 spiro atoms. The zero-order valence-electron chi connectivity index (χ0n) is 15.1. The molecule has 0 aromatic heterocycles. The highest BCUT2D eigenvalue weighted by molar-refractivity contribution is 5.94. The molecule has 0 saturated carbocycles. The van der Waals surface area contributed by atoms with E-state index in [4.69, 9.17) is 0 Å². The summed E-state index contributed by atoms with van der Waals surface area (Å²) in [4.78, 5) is 14.9. The molecular weight excluding hydrogens is 308 g/mol. The molecule has 1 heterocycles. The van der Waals surface area contributed by atoms with Crippen LogP contribution in [0.2, 0.25) is 0 Å². The largest absolute Gasteiger partial charge is 0.349 e. The summed E-state index contributed by atoms with van der Waals surface area (Å²) in [5, 5.41) is 3.21. The van der Waals surface area contributed by atoms with E-state index in [0.717, 1.165) is 50.9 Å². The van der Waals surface area contributed by atoms with Crippen molar-refractivity contribution < 1.29 is 4.79 Å². The van der Waals surface area contributed by atoms with Crippen molar-refractivity contribution in [2.45, 2.75) is 45.2 Å². The van der Waals surface area contributed by atoms with Crippen LogP contribution in [0.3, 0.4) is 0 Å². The third kappa shape index (κ3) is 5.17. The molecule has 0 radical (unpaired) electrons. The maximum Gasteiger partial charge on any atom is 0.251 e. The fraction of sp³-hybridized carbons (Fsp3) is 0.409. The van der Waals surface area contributed by atoms with E-state index in [-0.39, 0.29) is 11.9 Å². The van der Waals surface area contributed by atoms with Gasteiger partial charge in [-0.05, 0) is 42.5 Å². The van der Waals surface area contributed by atoms with E-state index in [9.17, 15) is 4.79 Å². The fourth-order valence-electron chi connectivity index (χ4n) is 3.46. The number of carbonyl (C=O) groups is 1. The molecular formula is C22H28N2O. The van der Waals surface area contributed by atoms with E-state index in [2.05, 4.69) is 59.6 Å². The van der Waals surface area contributed by atoms with Crippen molar-refractivity contribution in [3.05, 3.63) is 71.3 Å². The maximum atomic E-state index is 12.4. The van der Waals surface area contributed by atoms with Gasteiger partial charge < -0.3 is 5.32 Å². The maximum absolute atomic E-state index is 12.4. The first-order chi connectivity index (χ1) is 12.2. The summed E-state index contributed by atoms with van der Waals surface area (Å²) in [6, 6.07) is 18.9. The van der Waals surface area contributed by atoms with Crippen molar-refractivity contribution in [2.24, 2.45) is 0 Å². The molecule has 0 aliphatic carbocycles. The zero-order chi connectivity index (χ0) is 17.5. The molecule has 3 nitrogen and oxygen atoms in total. The third-order valence-electron chi connectivity index (χ3n) is 4.93. The summed E-state index contributed by atoms with van der Waals surface area (Å²) in [5.74, 6) is 0.0598. The van der Waals surface area contributed by atoms with Gasteiger partial charge in [0.1, 0.15) is 0 Å². The van der Waals surface area contributed by atoms with Gasteiger partial charge in [-0.1, -0.05) is 55.8 Å². The SMILES string of the molecule is CCCc1ccc(C(=O)NC2CCN(Cc3ccccc3)CC2)cc1. The quantitative estimate of drug-likeness (QED) is 0.864. The molecule has 1 aliphatic heterocycles. The Kier molecular flexibility index (Phi) is 6.24. The van der Waals surface area contributed by atoms with Crippen molar-refractivity contribution in [2.75, 3.05) is 13.1 Å². The van der Waals surface area contributed by atoms with E-state index in [1.807, 2.05) is 12.1 Å². The molecule has 1 saturated heterocycles. The molecule has 3 rings (SSSR count). The molecule has 2 aromatic carbocycles. The lowest BCUT2D eigenvalue weighted by Gasteiger charge is -2.32. The number of aryl methyl sites for hydroxylation is 1. The van der Waals surface area contributed by atoms with Gasteiger partial charge in [0.2, 0.25) is 0 Å². The van der Waals surface area contributed by atoms with Crippen LogP contribution in [0.1, 0.15) is 47.7 Å². The highest BCUT2D eigenvalue weighted by Crippen LogP contribution is 2.15. The van der Waals surface area contributed by atoms with Crippen molar-refractivity contribution >= 4 is 5.91 Å². The van der Waals surface area contributed by atoms with E-state index in [1.54, 1.807) is 0 Å². The second-order valence-corrected chi connectivity index (χ2v) is 6.96. The van der Waals surface area contributed by atoms with Gasteiger partial charge in [0.15, 0.2) is 0 Å². The third-order valence-corrected chi connectivity index (χ3v) is 4.93. The van der Waals surface area contributed by atoms with Crippen molar-refractivity contribution in [3.8, 4) is 0 Å². The molecule has 1 fully saturated rings. The van der Waals surface area contributed by atoms with E-state index in [1.165, 1.54) is 11.1 Å². The van der Waals surface area contributed by atoms with Gasteiger partial charge >= 0.3 is 0 Å². The van der Waals surface area contributed by atoms with Gasteiger partial charge in [-0.2, -0.15) is 0 Å². The molecule has 2 aromatic rings. The Morgan fingerprint density at radius 1 is 1.00 bits per heavy atom. The van der Waals surface area contributed by atoms with Crippen molar-refractivity contribution in [1.82, 2.24) is 10.2 Å². The molecule has 1 aliphatic rings. The molecule has 132 valence electrons. The van der Waals surface area contributed by atoms with Gasteiger partial charge in [0.05, 0.1) is 0 Å². The Labute approximate surface area is 151 Å². The number of nitrogens with zero attached hydrogens (tertiary/aromatic N) is 1. The van der Waals surface area contributed by atoms with Crippen molar-refractivity contribution in [3.63, 3.8) is 0 Å². The lowest BCUT2D eigenvalue weighted by molar-refractivity contribution is 0.0909. The Balaban J connectivity index is 1.46. The van der Waals surface area contributed by atoms with Crippen LogP contribution in [0.25, 0.3) is 0 Å². The molecule has 3 heteroatoms. The molecule has 1 amide bonds.